The monoisotopic (exact) mass is 286 g/mol. The summed E-state index contributed by atoms with van der Waals surface area (Å²) in [5.74, 6) is 0.282. The number of phenols is 2. The van der Waals surface area contributed by atoms with Gasteiger partial charge in [0.2, 0.25) is 0 Å². The maximum atomic E-state index is 10.3. The molecule has 0 atom stereocenters. The predicted molar refractivity (Wildman–Crippen MR) is 84.8 cm³/mol. The number of hydrogen-bond acceptors (Lipinski definition) is 3. The van der Waals surface area contributed by atoms with E-state index in [4.69, 9.17) is 4.74 Å². The van der Waals surface area contributed by atoms with E-state index in [1.807, 2.05) is 30.3 Å². The Kier molecular flexibility index (Phi) is 5.23. The summed E-state index contributed by atoms with van der Waals surface area (Å²) >= 11 is 0. The maximum absolute atomic E-state index is 10.3. The van der Waals surface area contributed by atoms with E-state index in [1.54, 1.807) is 7.11 Å². The minimum Gasteiger partial charge on any atom is -0.508 e. The molecule has 0 radical (unpaired) electrons. The van der Waals surface area contributed by atoms with Crippen molar-refractivity contribution in [3.63, 3.8) is 0 Å². The Labute approximate surface area is 125 Å². The third-order valence-electron chi connectivity index (χ3n) is 3.62. The predicted octanol–water partition coefficient (Wildman–Crippen LogP) is 3.91. The number of hydrogen-bond donors (Lipinski definition) is 2. The van der Waals surface area contributed by atoms with Gasteiger partial charge in [0.25, 0.3) is 0 Å². The Balaban J connectivity index is 2.63. The van der Waals surface area contributed by atoms with Crippen molar-refractivity contribution in [2.75, 3.05) is 13.7 Å². The largest absolute Gasteiger partial charge is 0.508 e. The number of phenolic OH excluding ortho intramolecular Hbond substituents is 2. The van der Waals surface area contributed by atoms with E-state index in [0.29, 0.717) is 13.0 Å². The van der Waals surface area contributed by atoms with Gasteiger partial charge in [-0.1, -0.05) is 43.7 Å². The molecule has 0 aliphatic heterocycles. The molecule has 0 spiro atoms. The minimum atomic E-state index is 0.115. The van der Waals surface area contributed by atoms with Crippen molar-refractivity contribution in [1.82, 2.24) is 0 Å². The lowest BCUT2D eigenvalue weighted by molar-refractivity contribution is 0.202. The molecule has 2 N–H and O–H groups in total. The Bertz CT molecular complexity index is 591. The van der Waals surface area contributed by atoms with Gasteiger partial charge in [-0.25, -0.2) is 0 Å². The molecule has 2 aromatic carbocycles. The Morgan fingerprint density at radius 2 is 1.67 bits per heavy atom. The van der Waals surface area contributed by atoms with Gasteiger partial charge < -0.3 is 14.9 Å². The zero-order chi connectivity index (χ0) is 15.2. The first-order chi connectivity index (χ1) is 10.2. The van der Waals surface area contributed by atoms with Crippen molar-refractivity contribution in [3.8, 4) is 22.6 Å². The second-order valence-corrected chi connectivity index (χ2v) is 5.11. The summed E-state index contributed by atoms with van der Waals surface area (Å²) in [6.07, 6.45) is 2.38. The number of methoxy groups -OCH3 is 1. The van der Waals surface area contributed by atoms with E-state index in [1.165, 1.54) is 6.07 Å². The third kappa shape index (κ3) is 3.37. The Morgan fingerprint density at radius 1 is 0.952 bits per heavy atom. The van der Waals surface area contributed by atoms with Gasteiger partial charge in [-0.05, 0) is 29.5 Å². The summed E-state index contributed by atoms with van der Waals surface area (Å²) in [5, 5.41) is 20.5. The number of rotatable bonds is 6. The Morgan fingerprint density at radius 3 is 2.29 bits per heavy atom. The summed E-state index contributed by atoms with van der Waals surface area (Å²) in [5.41, 5.74) is 3.64. The molecule has 0 heterocycles. The number of ether oxygens (including phenoxy) is 1. The maximum Gasteiger partial charge on any atom is 0.127 e. The summed E-state index contributed by atoms with van der Waals surface area (Å²) in [4.78, 5) is 0. The molecule has 21 heavy (non-hydrogen) atoms. The fourth-order valence-corrected chi connectivity index (χ4v) is 2.68. The lowest BCUT2D eigenvalue weighted by atomic mass is 9.90. The molecular formula is C18H22O3. The lowest BCUT2D eigenvalue weighted by Gasteiger charge is -2.18. The molecule has 0 bridgehead atoms. The van der Waals surface area contributed by atoms with Gasteiger partial charge in [0, 0.05) is 18.7 Å². The van der Waals surface area contributed by atoms with Crippen LogP contribution >= 0.6 is 0 Å². The first kappa shape index (κ1) is 15.4. The van der Waals surface area contributed by atoms with E-state index in [-0.39, 0.29) is 11.5 Å². The highest BCUT2D eigenvalue weighted by atomic mass is 16.5. The molecule has 0 amide bonds. The molecule has 0 saturated heterocycles. The van der Waals surface area contributed by atoms with Crippen molar-refractivity contribution >= 4 is 0 Å². The van der Waals surface area contributed by atoms with Crippen LogP contribution in [0.25, 0.3) is 11.1 Å². The molecule has 0 aliphatic rings. The topological polar surface area (TPSA) is 49.7 Å². The minimum absolute atomic E-state index is 0.115. The summed E-state index contributed by atoms with van der Waals surface area (Å²) < 4.78 is 5.19. The van der Waals surface area contributed by atoms with Gasteiger partial charge >= 0.3 is 0 Å². The van der Waals surface area contributed by atoms with E-state index < -0.39 is 0 Å². The molecule has 0 aromatic heterocycles. The second-order valence-electron chi connectivity index (χ2n) is 5.11. The van der Waals surface area contributed by atoms with Crippen LogP contribution in [0.2, 0.25) is 0 Å². The molecule has 3 heteroatoms. The fraction of sp³-hybridized carbons (Fsp3) is 0.333. The van der Waals surface area contributed by atoms with Crippen molar-refractivity contribution in [2.45, 2.75) is 26.2 Å². The third-order valence-corrected chi connectivity index (χ3v) is 3.62. The number of aromatic hydroxyl groups is 2. The van der Waals surface area contributed by atoms with Crippen molar-refractivity contribution < 1.29 is 14.9 Å². The van der Waals surface area contributed by atoms with E-state index in [9.17, 15) is 10.2 Å². The molecule has 112 valence electrons. The van der Waals surface area contributed by atoms with Crippen LogP contribution in [0.5, 0.6) is 11.5 Å². The fourth-order valence-electron chi connectivity index (χ4n) is 2.68. The molecule has 0 fully saturated rings. The zero-order valence-corrected chi connectivity index (χ0v) is 12.6. The van der Waals surface area contributed by atoms with Gasteiger partial charge in [-0.2, -0.15) is 0 Å². The normalized spacial score (nSPS) is 10.8. The summed E-state index contributed by atoms with van der Waals surface area (Å²) in [6.45, 7) is 2.63. The van der Waals surface area contributed by atoms with Gasteiger partial charge in [-0.3, -0.25) is 0 Å². The van der Waals surface area contributed by atoms with Crippen molar-refractivity contribution in [2.24, 2.45) is 0 Å². The highest BCUT2D eigenvalue weighted by Gasteiger charge is 2.18. The Hall–Kier alpha value is -2.00. The van der Waals surface area contributed by atoms with Crippen LogP contribution in [0.4, 0.5) is 0 Å². The van der Waals surface area contributed by atoms with Crippen LogP contribution in [-0.2, 0) is 17.6 Å². The molecule has 0 saturated carbocycles. The average Bonchev–Trinajstić information content (AvgIpc) is 2.49. The molecule has 2 aromatic rings. The second kappa shape index (κ2) is 7.14. The van der Waals surface area contributed by atoms with E-state index in [0.717, 1.165) is 35.1 Å². The molecule has 0 aliphatic carbocycles. The summed E-state index contributed by atoms with van der Waals surface area (Å²) in [7, 11) is 1.66. The van der Waals surface area contributed by atoms with Crippen LogP contribution in [0.1, 0.15) is 24.5 Å². The van der Waals surface area contributed by atoms with Crippen molar-refractivity contribution in [3.05, 3.63) is 47.5 Å². The molecular weight excluding hydrogens is 264 g/mol. The highest BCUT2D eigenvalue weighted by molar-refractivity contribution is 5.76. The SMILES string of the molecule is CCCc1c(O)cc(O)c(-c2ccccc2)c1CCOC. The molecule has 2 rings (SSSR count). The van der Waals surface area contributed by atoms with Crippen LogP contribution in [0.3, 0.4) is 0 Å². The van der Waals surface area contributed by atoms with Crippen LogP contribution in [0, 0.1) is 0 Å². The number of benzene rings is 2. The first-order valence-corrected chi connectivity index (χ1v) is 7.30. The quantitative estimate of drug-likeness (QED) is 0.846. The first-order valence-electron chi connectivity index (χ1n) is 7.30. The average molecular weight is 286 g/mol. The van der Waals surface area contributed by atoms with Crippen LogP contribution in [0.15, 0.2) is 36.4 Å². The molecule has 3 nitrogen and oxygen atoms in total. The van der Waals surface area contributed by atoms with Gasteiger partial charge in [0.05, 0.1) is 6.61 Å². The van der Waals surface area contributed by atoms with Gasteiger partial charge in [-0.15, -0.1) is 0 Å². The van der Waals surface area contributed by atoms with Crippen LogP contribution in [-0.4, -0.2) is 23.9 Å². The smallest absolute Gasteiger partial charge is 0.127 e. The zero-order valence-electron chi connectivity index (χ0n) is 12.6. The highest BCUT2D eigenvalue weighted by Crippen LogP contribution is 2.40. The standard InChI is InChI=1S/C18H22O3/c1-3-7-14-15(10-11-21-2)18(17(20)12-16(14)19)13-8-5-4-6-9-13/h4-6,8-9,12,19-20H,3,7,10-11H2,1-2H3. The van der Waals surface area contributed by atoms with Gasteiger partial charge in [0.15, 0.2) is 0 Å². The van der Waals surface area contributed by atoms with Crippen molar-refractivity contribution in [1.29, 1.82) is 0 Å². The van der Waals surface area contributed by atoms with E-state index in [2.05, 4.69) is 6.92 Å². The molecule has 0 unspecified atom stereocenters. The summed E-state index contributed by atoms with van der Waals surface area (Å²) in [6, 6.07) is 11.2. The lowest BCUT2D eigenvalue weighted by Crippen LogP contribution is -2.03. The van der Waals surface area contributed by atoms with Crippen LogP contribution < -0.4 is 0 Å². The van der Waals surface area contributed by atoms with E-state index >= 15 is 0 Å². The van der Waals surface area contributed by atoms with Gasteiger partial charge in [0.1, 0.15) is 11.5 Å².